The van der Waals surface area contributed by atoms with E-state index in [-0.39, 0.29) is 0 Å². The zero-order valence-corrected chi connectivity index (χ0v) is 9.84. The van der Waals surface area contributed by atoms with Crippen LogP contribution in [0.3, 0.4) is 0 Å². The fourth-order valence-electron chi connectivity index (χ4n) is 2.70. The SMILES string of the molecule is CC(C)C(C)C(C)C1CCCCC1. The van der Waals surface area contributed by atoms with E-state index in [1.165, 1.54) is 32.1 Å². The van der Waals surface area contributed by atoms with Crippen LogP contribution in [-0.4, -0.2) is 0 Å². The summed E-state index contributed by atoms with van der Waals surface area (Å²) in [6, 6.07) is 0. The molecule has 0 bridgehead atoms. The van der Waals surface area contributed by atoms with Gasteiger partial charge in [-0.05, 0) is 23.7 Å². The van der Waals surface area contributed by atoms with E-state index in [9.17, 15) is 0 Å². The van der Waals surface area contributed by atoms with Crippen LogP contribution in [0.15, 0.2) is 0 Å². The molecule has 1 rings (SSSR count). The van der Waals surface area contributed by atoms with E-state index >= 15 is 0 Å². The molecule has 0 heterocycles. The molecule has 78 valence electrons. The number of hydrogen-bond acceptors (Lipinski definition) is 0. The zero-order valence-electron chi connectivity index (χ0n) is 9.84. The molecule has 0 aromatic heterocycles. The molecule has 0 amide bonds. The van der Waals surface area contributed by atoms with Crippen molar-refractivity contribution in [3.8, 4) is 0 Å². The van der Waals surface area contributed by atoms with E-state index in [4.69, 9.17) is 0 Å². The van der Waals surface area contributed by atoms with Crippen LogP contribution in [0.1, 0.15) is 59.8 Å². The van der Waals surface area contributed by atoms with Crippen molar-refractivity contribution in [1.29, 1.82) is 0 Å². The molecule has 2 atom stereocenters. The standard InChI is InChI=1S/C13H26/c1-10(2)11(3)12(4)13-8-6-5-7-9-13/h10-13H,5-9H2,1-4H3. The third-order valence-corrected chi connectivity index (χ3v) is 4.27. The van der Waals surface area contributed by atoms with Crippen LogP contribution in [-0.2, 0) is 0 Å². The second-order valence-corrected chi connectivity index (χ2v) is 5.36. The molecule has 0 aromatic carbocycles. The van der Waals surface area contributed by atoms with Crippen LogP contribution in [0, 0.1) is 23.7 Å². The highest BCUT2D eigenvalue weighted by Crippen LogP contribution is 2.35. The summed E-state index contributed by atoms with van der Waals surface area (Å²) in [7, 11) is 0. The Bertz CT molecular complexity index is 131. The van der Waals surface area contributed by atoms with E-state index in [1.54, 1.807) is 0 Å². The molecule has 0 N–H and O–H groups in total. The highest BCUT2D eigenvalue weighted by molar-refractivity contribution is 4.76. The fraction of sp³-hybridized carbons (Fsp3) is 1.00. The molecule has 1 aliphatic carbocycles. The zero-order chi connectivity index (χ0) is 9.84. The molecular formula is C13H26. The maximum Gasteiger partial charge on any atom is -0.0386 e. The summed E-state index contributed by atoms with van der Waals surface area (Å²) < 4.78 is 0. The largest absolute Gasteiger partial charge is 0.0625 e. The summed E-state index contributed by atoms with van der Waals surface area (Å²) >= 11 is 0. The number of hydrogen-bond donors (Lipinski definition) is 0. The highest BCUT2D eigenvalue weighted by Gasteiger charge is 2.25. The first-order valence-electron chi connectivity index (χ1n) is 6.13. The van der Waals surface area contributed by atoms with E-state index in [1.807, 2.05) is 0 Å². The molecule has 1 aliphatic rings. The van der Waals surface area contributed by atoms with Gasteiger partial charge in [-0.15, -0.1) is 0 Å². The Morgan fingerprint density at radius 3 is 1.85 bits per heavy atom. The second-order valence-electron chi connectivity index (χ2n) is 5.36. The molecule has 1 fully saturated rings. The predicted octanol–water partition coefficient (Wildman–Crippen LogP) is 4.49. The van der Waals surface area contributed by atoms with Gasteiger partial charge in [0.1, 0.15) is 0 Å². The van der Waals surface area contributed by atoms with Crippen LogP contribution >= 0.6 is 0 Å². The molecule has 0 radical (unpaired) electrons. The first-order valence-corrected chi connectivity index (χ1v) is 6.13. The molecule has 1 saturated carbocycles. The third-order valence-electron chi connectivity index (χ3n) is 4.27. The van der Waals surface area contributed by atoms with Crippen molar-refractivity contribution >= 4 is 0 Å². The van der Waals surface area contributed by atoms with Crippen LogP contribution in [0.5, 0.6) is 0 Å². The van der Waals surface area contributed by atoms with Crippen molar-refractivity contribution in [3.63, 3.8) is 0 Å². The van der Waals surface area contributed by atoms with Gasteiger partial charge in [-0.1, -0.05) is 59.8 Å². The van der Waals surface area contributed by atoms with E-state index in [0.717, 1.165) is 23.7 Å². The predicted molar refractivity (Wildman–Crippen MR) is 59.7 cm³/mol. The highest BCUT2D eigenvalue weighted by atomic mass is 14.3. The molecule has 0 spiro atoms. The fourth-order valence-corrected chi connectivity index (χ4v) is 2.70. The van der Waals surface area contributed by atoms with Crippen LogP contribution < -0.4 is 0 Å². The second kappa shape index (κ2) is 5.02. The van der Waals surface area contributed by atoms with Crippen LogP contribution in [0.2, 0.25) is 0 Å². The minimum Gasteiger partial charge on any atom is -0.0625 e. The molecule has 13 heavy (non-hydrogen) atoms. The Morgan fingerprint density at radius 1 is 0.846 bits per heavy atom. The lowest BCUT2D eigenvalue weighted by molar-refractivity contribution is 0.170. The summed E-state index contributed by atoms with van der Waals surface area (Å²) in [5, 5.41) is 0. The van der Waals surface area contributed by atoms with Crippen molar-refractivity contribution in [2.75, 3.05) is 0 Å². The maximum atomic E-state index is 2.47. The van der Waals surface area contributed by atoms with E-state index in [0.29, 0.717) is 0 Å². The first kappa shape index (κ1) is 11.1. The van der Waals surface area contributed by atoms with E-state index < -0.39 is 0 Å². The molecule has 0 heteroatoms. The van der Waals surface area contributed by atoms with Gasteiger partial charge in [0.05, 0.1) is 0 Å². The van der Waals surface area contributed by atoms with Crippen molar-refractivity contribution in [3.05, 3.63) is 0 Å². The molecule has 0 aromatic rings. The molecular weight excluding hydrogens is 156 g/mol. The molecule has 0 nitrogen and oxygen atoms in total. The third kappa shape index (κ3) is 3.00. The van der Waals surface area contributed by atoms with Gasteiger partial charge in [-0.2, -0.15) is 0 Å². The Balaban J connectivity index is 2.40. The minimum atomic E-state index is 0.858. The van der Waals surface area contributed by atoms with Gasteiger partial charge in [0.25, 0.3) is 0 Å². The Morgan fingerprint density at radius 2 is 1.38 bits per heavy atom. The Hall–Kier alpha value is 0. The summed E-state index contributed by atoms with van der Waals surface area (Å²) in [6.45, 7) is 9.64. The van der Waals surface area contributed by atoms with Gasteiger partial charge in [-0.3, -0.25) is 0 Å². The monoisotopic (exact) mass is 182 g/mol. The molecule has 2 unspecified atom stereocenters. The van der Waals surface area contributed by atoms with E-state index in [2.05, 4.69) is 27.7 Å². The topological polar surface area (TPSA) is 0 Å². The maximum absolute atomic E-state index is 2.47. The van der Waals surface area contributed by atoms with Gasteiger partial charge in [0, 0.05) is 0 Å². The van der Waals surface area contributed by atoms with Crippen molar-refractivity contribution in [1.82, 2.24) is 0 Å². The van der Waals surface area contributed by atoms with Crippen molar-refractivity contribution in [2.45, 2.75) is 59.8 Å². The van der Waals surface area contributed by atoms with Crippen LogP contribution in [0.4, 0.5) is 0 Å². The minimum absolute atomic E-state index is 0.858. The average Bonchev–Trinajstić information content (AvgIpc) is 2.17. The lowest BCUT2D eigenvalue weighted by Gasteiger charge is -2.33. The summed E-state index contributed by atoms with van der Waals surface area (Å²) in [5.41, 5.74) is 0. The lowest BCUT2D eigenvalue weighted by atomic mass is 9.72. The van der Waals surface area contributed by atoms with Crippen molar-refractivity contribution < 1.29 is 0 Å². The van der Waals surface area contributed by atoms with Gasteiger partial charge < -0.3 is 0 Å². The lowest BCUT2D eigenvalue weighted by Crippen LogP contribution is -2.24. The summed E-state index contributed by atoms with van der Waals surface area (Å²) in [5.74, 6) is 3.74. The summed E-state index contributed by atoms with van der Waals surface area (Å²) in [4.78, 5) is 0. The van der Waals surface area contributed by atoms with Crippen molar-refractivity contribution in [2.24, 2.45) is 23.7 Å². The smallest absolute Gasteiger partial charge is 0.0386 e. The first-order chi connectivity index (χ1) is 6.13. The number of rotatable bonds is 3. The normalized spacial score (nSPS) is 24.7. The molecule has 0 aliphatic heterocycles. The quantitative estimate of drug-likeness (QED) is 0.603. The molecule has 0 saturated heterocycles. The Kier molecular flexibility index (Phi) is 4.28. The van der Waals surface area contributed by atoms with Gasteiger partial charge in [0.2, 0.25) is 0 Å². The average molecular weight is 182 g/mol. The van der Waals surface area contributed by atoms with Gasteiger partial charge in [0.15, 0.2) is 0 Å². The van der Waals surface area contributed by atoms with Gasteiger partial charge in [-0.25, -0.2) is 0 Å². The van der Waals surface area contributed by atoms with Crippen LogP contribution in [0.25, 0.3) is 0 Å². The van der Waals surface area contributed by atoms with Gasteiger partial charge >= 0.3 is 0 Å². The Labute approximate surface area is 84.1 Å². The summed E-state index contributed by atoms with van der Waals surface area (Å²) in [6.07, 6.45) is 7.45.